The van der Waals surface area contributed by atoms with Crippen LogP contribution in [-0.2, 0) is 41.6 Å². The Morgan fingerprint density at radius 1 is 0.780 bits per heavy atom. The van der Waals surface area contributed by atoms with Gasteiger partial charge in [0.25, 0.3) is 0 Å². The van der Waals surface area contributed by atoms with E-state index >= 15 is 0 Å². The van der Waals surface area contributed by atoms with E-state index < -0.39 is 72.6 Å². The van der Waals surface area contributed by atoms with Crippen LogP contribution in [0.5, 0.6) is 5.75 Å². The van der Waals surface area contributed by atoms with Crippen LogP contribution in [0.3, 0.4) is 0 Å². The van der Waals surface area contributed by atoms with Crippen molar-refractivity contribution in [2.24, 2.45) is 5.73 Å². The Morgan fingerprint density at radius 3 is 1.90 bits per heavy atom. The number of nitrogens with two attached hydrogens (primary N) is 1. The monoisotopic (exact) mass is 576 g/mol. The summed E-state index contributed by atoms with van der Waals surface area (Å²) >= 11 is 0. The van der Waals surface area contributed by atoms with Crippen LogP contribution in [0, 0.1) is 0 Å². The number of carbonyl (C=O) groups excluding carboxylic acids is 3. The molecule has 0 bridgehead atoms. The highest BCUT2D eigenvalue weighted by atomic mass is 16.4. The van der Waals surface area contributed by atoms with Gasteiger partial charge >= 0.3 is 17.9 Å². The molecule has 2 aromatic rings. The van der Waals surface area contributed by atoms with Crippen molar-refractivity contribution in [1.82, 2.24) is 25.9 Å². The lowest BCUT2D eigenvalue weighted by molar-refractivity contribution is -0.142. The number of H-pyrrole nitrogens is 1. The van der Waals surface area contributed by atoms with Gasteiger partial charge in [0, 0.05) is 37.6 Å². The number of carbonyl (C=O) groups is 6. The van der Waals surface area contributed by atoms with Crippen LogP contribution in [0.2, 0.25) is 0 Å². The van der Waals surface area contributed by atoms with Crippen LogP contribution in [-0.4, -0.2) is 90.2 Å². The average molecular weight is 577 g/mol. The predicted octanol–water partition coefficient (Wildman–Crippen LogP) is -1.50. The minimum Gasteiger partial charge on any atom is -0.508 e. The van der Waals surface area contributed by atoms with Crippen molar-refractivity contribution in [2.75, 3.05) is 0 Å². The Labute approximate surface area is 233 Å². The van der Waals surface area contributed by atoms with Gasteiger partial charge in [0.15, 0.2) is 0 Å². The van der Waals surface area contributed by atoms with E-state index in [0.29, 0.717) is 11.3 Å². The van der Waals surface area contributed by atoms with Gasteiger partial charge in [-0.05, 0) is 30.5 Å². The second-order valence-electron chi connectivity index (χ2n) is 9.14. The largest absolute Gasteiger partial charge is 0.508 e. The van der Waals surface area contributed by atoms with Crippen molar-refractivity contribution in [3.8, 4) is 5.75 Å². The van der Waals surface area contributed by atoms with Gasteiger partial charge in [0.05, 0.1) is 12.4 Å². The number of phenols is 1. The molecular weight excluding hydrogens is 544 g/mol. The van der Waals surface area contributed by atoms with Gasteiger partial charge in [-0.2, -0.15) is 0 Å². The molecule has 0 aliphatic heterocycles. The van der Waals surface area contributed by atoms with Gasteiger partial charge in [-0.15, -0.1) is 0 Å². The number of nitrogens with one attached hydrogen (secondary N) is 4. The highest BCUT2D eigenvalue weighted by molar-refractivity contribution is 5.94. The summed E-state index contributed by atoms with van der Waals surface area (Å²) < 4.78 is 0. The van der Waals surface area contributed by atoms with Gasteiger partial charge in [-0.3, -0.25) is 24.0 Å². The predicted molar refractivity (Wildman–Crippen MR) is 139 cm³/mol. The molecule has 10 N–H and O–H groups in total. The maximum absolute atomic E-state index is 13.2. The van der Waals surface area contributed by atoms with Gasteiger partial charge in [0.1, 0.15) is 23.9 Å². The molecule has 3 amide bonds. The Hall–Kier alpha value is -4.99. The summed E-state index contributed by atoms with van der Waals surface area (Å²) in [4.78, 5) is 79.3. The molecular formula is C25H32N6O10. The maximum Gasteiger partial charge on any atom is 0.326 e. The number of aromatic hydroxyl groups is 1. The number of benzene rings is 1. The third-order valence-electron chi connectivity index (χ3n) is 5.89. The number of rotatable bonds is 17. The van der Waals surface area contributed by atoms with Crippen LogP contribution < -0.4 is 21.7 Å². The number of aliphatic carboxylic acids is 3. The molecule has 0 fully saturated rings. The van der Waals surface area contributed by atoms with E-state index in [-0.39, 0.29) is 31.4 Å². The minimum atomic E-state index is -1.47. The molecule has 1 aromatic heterocycles. The molecule has 2 rings (SSSR count). The zero-order valence-corrected chi connectivity index (χ0v) is 21.8. The molecule has 222 valence electrons. The molecule has 0 radical (unpaired) electrons. The van der Waals surface area contributed by atoms with Gasteiger partial charge in [-0.1, -0.05) is 12.1 Å². The minimum absolute atomic E-state index is 0.0556. The van der Waals surface area contributed by atoms with E-state index in [4.69, 9.17) is 15.9 Å². The zero-order valence-electron chi connectivity index (χ0n) is 21.8. The van der Waals surface area contributed by atoms with Crippen molar-refractivity contribution in [1.29, 1.82) is 0 Å². The van der Waals surface area contributed by atoms with E-state index in [1.807, 2.05) is 0 Å². The molecule has 0 aliphatic carbocycles. The Balaban J connectivity index is 2.25. The van der Waals surface area contributed by atoms with Crippen LogP contribution in [0.4, 0.5) is 0 Å². The highest BCUT2D eigenvalue weighted by Crippen LogP contribution is 2.12. The molecule has 1 heterocycles. The van der Waals surface area contributed by atoms with Crippen molar-refractivity contribution >= 4 is 35.6 Å². The van der Waals surface area contributed by atoms with Crippen molar-refractivity contribution < 1.29 is 49.2 Å². The Kier molecular flexibility index (Phi) is 12.2. The lowest BCUT2D eigenvalue weighted by atomic mass is 10.0. The zero-order chi connectivity index (χ0) is 30.5. The molecule has 0 spiro atoms. The number of aromatic nitrogens is 2. The van der Waals surface area contributed by atoms with Crippen LogP contribution >= 0.6 is 0 Å². The fourth-order valence-corrected chi connectivity index (χ4v) is 3.66. The lowest BCUT2D eigenvalue weighted by Gasteiger charge is -2.25. The molecule has 0 aliphatic rings. The molecule has 16 nitrogen and oxygen atoms in total. The molecule has 4 atom stereocenters. The summed E-state index contributed by atoms with van der Waals surface area (Å²) in [5, 5.41) is 44.2. The van der Waals surface area contributed by atoms with E-state index in [1.54, 1.807) is 0 Å². The Morgan fingerprint density at radius 2 is 1.34 bits per heavy atom. The number of phenolic OH excluding ortho intramolecular Hbond substituents is 1. The summed E-state index contributed by atoms with van der Waals surface area (Å²) in [6.07, 6.45) is 0.828. The average Bonchev–Trinajstić information content (AvgIpc) is 3.42. The van der Waals surface area contributed by atoms with E-state index in [2.05, 4.69) is 25.9 Å². The second kappa shape index (κ2) is 15.6. The third-order valence-corrected chi connectivity index (χ3v) is 5.89. The fourth-order valence-electron chi connectivity index (χ4n) is 3.66. The van der Waals surface area contributed by atoms with Crippen LogP contribution in [0.1, 0.15) is 36.9 Å². The number of carboxylic acid groups (broad SMARTS) is 3. The number of aromatic amines is 1. The highest BCUT2D eigenvalue weighted by Gasteiger charge is 2.31. The van der Waals surface area contributed by atoms with Crippen LogP contribution in [0.25, 0.3) is 0 Å². The smallest absolute Gasteiger partial charge is 0.326 e. The van der Waals surface area contributed by atoms with Gasteiger partial charge < -0.3 is 47.1 Å². The first-order chi connectivity index (χ1) is 19.3. The van der Waals surface area contributed by atoms with E-state index in [1.165, 1.54) is 36.8 Å². The maximum atomic E-state index is 13.2. The van der Waals surface area contributed by atoms with Gasteiger partial charge in [-0.25, -0.2) is 9.78 Å². The van der Waals surface area contributed by atoms with Crippen molar-refractivity contribution in [3.05, 3.63) is 48.0 Å². The Bertz CT molecular complexity index is 1220. The van der Waals surface area contributed by atoms with Crippen molar-refractivity contribution in [2.45, 2.75) is 62.7 Å². The summed E-state index contributed by atoms with van der Waals surface area (Å²) in [7, 11) is 0. The van der Waals surface area contributed by atoms with Crippen LogP contribution in [0.15, 0.2) is 36.8 Å². The number of nitrogens with zero attached hydrogens (tertiary/aromatic N) is 1. The molecule has 16 heteroatoms. The lowest BCUT2D eigenvalue weighted by Crippen LogP contribution is -2.58. The first kappa shape index (κ1) is 32.2. The molecule has 1 aromatic carbocycles. The summed E-state index contributed by atoms with van der Waals surface area (Å²) in [6.45, 7) is 0. The third kappa shape index (κ3) is 11.3. The SMILES string of the molecule is NC(CCC(=O)O)C(=O)NC(CCC(=O)O)C(=O)NC(Cc1ccc(O)cc1)C(=O)NC(Cc1cnc[nH]1)C(=O)O. The summed E-state index contributed by atoms with van der Waals surface area (Å²) in [6, 6.07) is 0.0826. The first-order valence-electron chi connectivity index (χ1n) is 12.4. The van der Waals surface area contributed by atoms with Crippen molar-refractivity contribution in [3.63, 3.8) is 0 Å². The molecule has 4 unspecified atom stereocenters. The quantitative estimate of drug-likeness (QED) is 0.104. The molecule has 41 heavy (non-hydrogen) atoms. The topological polar surface area (TPSA) is 274 Å². The fraction of sp³-hybridized carbons (Fsp3) is 0.400. The normalized spacial score (nSPS) is 13.7. The number of amides is 3. The van der Waals surface area contributed by atoms with E-state index in [9.17, 15) is 39.0 Å². The second-order valence-corrected chi connectivity index (χ2v) is 9.14. The molecule has 0 saturated heterocycles. The van der Waals surface area contributed by atoms with E-state index in [0.717, 1.165) is 0 Å². The number of hydrogen-bond acceptors (Lipinski definition) is 9. The number of imidazole rings is 1. The first-order valence-corrected chi connectivity index (χ1v) is 12.4. The number of hydrogen-bond donors (Lipinski definition) is 9. The van der Waals surface area contributed by atoms with Gasteiger partial charge in [0.2, 0.25) is 17.7 Å². The standard InChI is InChI=1S/C25H32N6O10/c26-16(5-7-20(33)34)22(37)29-17(6-8-21(35)36)23(38)30-18(9-13-1-3-15(32)4-2-13)24(39)31-19(25(40)41)10-14-11-27-12-28-14/h1-4,11-12,16-19,32H,5-10,26H2,(H,27,28)(H,29,37)(H,30,38)(H,31,39)(H,33,34)(H,35,36)(H,40,41). The number of carboxylic acids is 3. The molecule has 0 saturated carbocycles. The summed E-state index contributed by atoms with van der Waals surface area (Å²) in [5.41, 5.74) is 6.60. The summed E-state index contributed by atoms with van der Waals surface area (Å²) in [5.74, 6) is -6.62.